The second-order valence-corrected chi connectivity index (χ2v) is 8.34. The number of nitrogens with one attached hydrogen (secondary N) is 2. The van der Waals surface area contributed by atoms with E-state index in [0.29, 0.717) is 6.54 Å². The quantitative estimate of drug-likeness (QED) is 0.795. The van der Waals surface area contributed by atoms with Crippen molar-refractivity contribution in [3.63, 3.8) is 0 Å². The molecular formula is C19H30N4O2S. The van der Waals surface area contributed by atoms with E-state index in [9.17, 15) is 9.59 Å². The molecule has 1 aliphatic heterocycles. The van der Waals surface area contributed by atoms with Crippen LogP contribution in [0.15, 0.2) is 17.5 Å². The monoisotopic (exact) mass is 378 g/mol. The molecule has 2 heterocycles. The molecular weight excluding hydrogens is 348 g/mol. The van der Waals surface area contributed by atoms with Crippen molar-refractivity contribution in [2.75, 3.05) is 39.3 Å². The first kappa shape index (κ1) is 19.3. The second kappa shape index (κ2) is 10.0. The molecule has 3 rings (SSSR count). The zero-order chi connectivity index (χ0) is 18.2. The van der Waals surface area contributed by atoms with Crippen molar-refractivity contribution in [1.82, 2.24) is 20.4 Å². The van der Waals surface area contributed by atoms with Gasteiger partial charge < -0.3 is 10.2 Å². The molecule has 26 heavy (non-hydrogen) atoms. The van der Waals surface area contributed by atoms with E-state index in [-0.39, 0.29) is 18.0 Å². The van der Waals surface area contributed by atoms with Gasteiger partial charge in [0.25, 0.3) is 0 Å². The molecule has 1 aromatic rings. The van der Waals surface area contributed by atoms with Crippen molar-refractivity contribution in [3.05, 3.63) is 22.4 Å². The molecule has 7 heteroatoms. The standard InChI is InChI=1S/C19H30N4O2S/c24-18(21-19(25)20-16-5-2-1-3-6-16)15-23-12-10-22(11-13-23)9-8-17-7-4-14-26-17/h4,7,14,16H,1-3,5-6,8-13,15H2,(H2,20,21,24,25). The fourth-order valence-electron chi connectivity index (χ4n) is 3.73. The molecule has 1 aliphatic carbocycles. The molecule has 0 atom stereocenters. The summed E-state index contributed by atoms with van der Waals surface area (Å²) in [6.45, 7) is 5.09. The summed E-state index contributed by atoms with van der Waals surface area (Å²) in [5, 5.41) is 7.54. The van der Waals surface area contributed by atoms with E-state index in [1.807, 2.05) is 11.3 Å². The minimum absolute atomic E-state index is 0.203. The van der Waals surface area contributed by atoms with Crippen LogP contribution in [0.2, 0.25) is 0 Å². The van der Waals surface area contributed by atoms with Gasteiger partial charge in [0.2, 0.25) is 5.91 Å². The third-order valence-corrected chi connectivity index (χ3v) is 6.22. The number of amides is 3. The van der Waals surface area contributed by atoms with Crippen molar-refractivity contribution < 1.29 is 9.59 Å². The molecule has 0 spiro atoms. The highest BCUT2D eigenvalue weighted by Gasteiger charge is 2.21. The van der Waals surface area contributed by atoms with Crippen LogP contribution in [0.1, 0.15) is 37.0 Å². The van der Waals surface area contributed by atoms with E-state index in [0.717, 1.165) is 64.8 Å². The Morgan fingerprint density at radius 2 is 1.81 bits per heavy atom. The maximum atomic E-state index is 12.1. The number of carbonyl (C=O) groups is 2. The van der Waals surface area contributed by atoms with Gasteiger partial charge in [-0.2, -0.15) is 0 Å². The van der Waals surface area contributed by atoms with Crippen LogP contribution in [0.3, 0.4) is 0 Å². The summed E-state index contributed by atoms with van der Waals surface area (Å²) in [5.74, 6) is -0.203. The minimum Gasteiger partial charge on any atom is -0.335 e. The van der Waals surface area contributed by atoms with Crippen molar-refractivity contribution in [2.24, 2.45) is 0 Å². The molecule has 2 aliphatic rings. The van der Waals surface area contributed by atoms with Crippen molar-refractivity contribution in [1.29, 1.82) is 0 Å². The van der Waals surface area contributed by atoms with Gasteiger partial charge in [-0.05, 0) is 30.7 Å². The first-order valence-corrected chi connectivity index (χ1v) is 10.6. The zero-order valence-electron chi connectivity index (χ0n) is 15.4. The van der Waals surface area contributed by atoms with E-state index in [1.165, 1.54) is 11.3 Å². The lowest BCUT2D eigenvalue weighted by Crippen LogP contribution is -2.52. The van der Waals surface area contributed by atoms with Gasteiger partial charge in [0.05, 0.1) is 6.54 Å². The molecule has 6 nitrogen and oxygen atoms in total. The molecule has 0 aromatic carbocycles. The van der Waals surface area contributed by atoms with Crippen LogP contribution in [-0.4, -0.2) is 67.0 Å². The lowest BCUT2D eigenvalue weighted by molar-refractivity contribution is -0.121. The number of carbonyl (C=O) groups excluding carboxylic acids is 2. The fourth-order valence-corrected chi connectivity index (χ4v) is 4.43. The molecule has 144 valence electrons. The summed E-state index contributed by atoms with van der Waals surface area (Å²) in [5.41, 5.74) is 0. The maximum Gasteiger partial charge on any atom is 0.321 e. The van der Waals surface area contributed by atoms with Gasteiger partial charge in [-0.15, -0.1) is 11.3 Å². The lowest BCUT2D eigenvalue weighted by atomic mass is 9.96. The van der Waals surface area contributed by atoms with Crippen LogP contribution < -0.4 is 10.6 Å². The molecule has 0 unspecified atom stereocenters. The SMILES string of the molecule is O=C(CN1CCN(CCc2cccs2)CC1)NC(=O)NC1CCCCC1. The van der Waals surface area contributed by atoms with Gasteiger partial charge in [-0.1, -0.05) is 25.3 Å². The van der Waals surface area contributed by atoms with E-state index in [4.69, 9.17) is 0 Å². The van der Waals surface area contributed by atoms with E-state index >= 15 is 0 Å². The number of nitrogens with zero attached hydrogens (tertiary/aromatic N) is 2. The van der Waals surface area contributed by atoms with E-state index < -0.39 is 0 Å². The average molecular weight is 379 g/mol. The fraction of sp³-hybridized carbons (Fsp3) is 0.684. The molecule has 2 N–H and O–H groups in total. The van der Waals surface area contributed by atoms with E-state index in [2.05, 4.69) is 37.9 Å². The Balaban J connectivity index is 1.29. The topological polar surface area (TPSA) is 64.7 Å². The molecule has 0 bridgehead atoms. The van der Waals surface area contributed by atoms with E-state index in [1.54, 1.807) is 0 Å². The molecule has 3 amide bonds. The van der Waals surface area contributed by atoms with Gasteiger partial charge in [-0.25, -0.2) is 4.79 Å². The van der Waals surface area contributed by atoms with Crippen molar-refractivity contribution >= 4 is 23.3 Å². The molecule has 1 aromatic heterocycles. The summed E-state index contributed by atoms with van der Waals surface area (Å²) in [6.07, 6.45) is 6.72. The van der Waals surface area contributed by atoms with Crippen LogP contribution in [0.4, 0.5) is 4.79 Å². The van der Waals surface area contributed by atoms with Crippen molar-refractivity contribution in [3.8, 4) is 0 Å². The number of hydrogen-bond acceptors (Lipinski definition) is 5. The number of rotatable bonds is 6. The smallest absolute Gasteiger partial charge is 0.321 e. The minimum atomic E-state index is -0.337. The van der Waals surface area contributed by atoms with Crippen LogP contribution in [0, 0.1) is 0 Å². The predicted molar refractivity (Wildman–Crippen MR) is 104 cm³/mol. The molecule has 1 saturated heterocycles. The number of thiophene rings is 1. The van der Waals surface area contributed by atoms with Gasteiger partial charge in [0.1, 0.15) is 0 Å². The summed E-state index contributed by atoms with van der Waals surface area (Å²) in [6, 6.07) is 4.17. The summed E-state index contributed by atoms with van der Waals surface area (Å²) in [4.78, 5) is 30.0. The maximum absolute atomic E-state index is 12.1. The third-order valence-electron chi connectivity index (χ3n) is 5.28. The molecule has 2 fully saturated rings. The number of imide groups is 1. The van der Waals surface area contributed by atoms with Crippen molar-refractivity contribution in [2.45, 2.75) is 44.6 Å². The Kier molecular flexibility index (Phi) is 7.46. The Labute approximate surface area is 159 Å². The molecule has 0 radical (unpaired) electrons. The van der Waals surface area contributed by atoms with Crippen LogP contribution in [0.25, 0.3) is 0 Å². The molecule has 1 saturated carbocycles. The first-order chi connectivity index (χ1) is 12.7. The normalized spacial score (nSPS) is 20.0. The first-order valence-electron chi connectivity index (χ1n) is 9.76. The van der Waals surface area contributed by atoms with Gasteiger partial charge in [0.15, 0.2) is 0 Å². The van der Waals surface area contributed by atoms with Gasteiger partial charge in [0, 0.05) is 43.6 Å². The summed E-state index contributed by atoms with van der Waals surface area (Å²) < 4.78 is 0. The van der Waals surface area contributed by atoms with Crippen LogP contribution in [-0.2, 0) is 11.2 Å². The zero-order valence-corrected chi connectivity index (χ0v) is 16.2. The summed E-state index contributed by atoms with van der Waals surface area (Å²) >= 11 is 1.81. The lowest BCUT2D eigenvalue weighted by Gasteiger charge is -2.34. The van der Waals surface area contributed by atoms with Crippen LogP contribution in [0.5, 0.6) is 0 Å². The summed E-state index contributed by atoms with van der Waals surface area (Å²) in [7, 11) is 0. The van der Waals surface area contributed by atoms with Gasteiger partial charge in [-0.3, -0.25) is 15.0 Å². The Morgan fingerprint density at radius 3 is 2.50 bits per heavy atom. The van der Waals surface area contributed by atoms with Crippen LogP contribution >= 0.6 is 11.3 Å². The highest BCUT2D eigenvalue weighted by atomic mass is 32.1. The number of urea groups is 1. The largest absolute Gasteiger partial charge is 0.335 e. The Bertz CT molecular complexity index is 564. The average Bonchev–Trinajstić information content (AvgIpc) is 3.15. The second-order valence-electron chi connectivity index (χ2n) is 7.30. The Hall–Kier alpha value is -1.44. The Morgan fingerprint density at radius 1 is 1.08 bits per heavy atom. The van der Waals surface area contributed by atoms with Gasteiger partial charge >= 0.3 is 6.03 Å². The third kappa shape index (κ3) is 6.37. The highest BCUT2D eigenvalue weighted by molar-refractivity contribution is 7.09. The predicted octanol–water partition coefficient (Wildman–Crippen LogP) is 2.07. The number of hydrogen-bond donors (Lipinski definition) is 2. The highest BCUT2D eigenvalue weighted by Crippen LogP contribution is 2.17. The number of piperazine rings is 1.